The van der Waals surface area contributed by atoms with Crippen molar-refractivity contribution in [2.24, 2.45) is 11.7 Å². The van der Waals surface area contributed by atoms with E-state index < -0.39 is 0 Å². The third kappa shape index (κ3) is 2.84. The number of H-pyrrole nitrogens is 1. The van der Waals surface area contributed by atoms with E-state index in [1.807, 2.05) is 19.1 Å². The minimum atomic E-state index is -0.107. The standard InChI is InChI=1S/C14H15N5OS/c1-8(6-15)4-12-18-10-5-11(9-2-3-16-7-17-9)21-13(10)14(20)19-12/h2-3,5,7-8H,4,6,15H2,1H3,(H,18,19,20)/t8-/m1/s1. The number of nitrogens with two attached hydrogens (primary N) is 1. The zero-order valence-corrected chi connectivity index (χ0v) is 12.4. The van der Waals surface area contributed by atoms with Crippen LogP contribution in [-0.4, -0.2) is 26.5 Å². The molecule has 0 aromatic carbocycles. The normalized spacial score (nSPS) is 12.7. The molecule has 6 nitrogen and oxygen atoms in total. The Bertz CT molecular complexity index is 811. The topological polar surface area (TPSA) is 97.5 Å². The zero-order valence-electron chi connectivity index (χ0n) is 11.5. The third-order valence-corrected chi connectivity index (χ3v) is 4.36. The molecule has 0 aliphatic carbocycles. The summed E-state index contributed by atoms with van der Waals surface area (Å²) in [6, 6.07) is 3.71. The Hall–Kier alpha value is -2.12. The fourth-order valence-electron chi connectivity index (χ4n) is 2.06. The van der Waals surface area contributed by atoms with Crippen LogP contribution in [0.15, 0.2) is 29.5 Å². The van der Waals surface area contributed by atoms with Crippen LogP contribution < -0.4 is 11.3 Å². The minimum absolute atomic E-state index is 0.107. The van der Waals surface area contributed by atoms with Crippen LogP contribution >= 0.6 is 11.3 Å². The van der Waals surface area contributed by atoms with E-state index in [0.29, 0.717) is 29.0 Å². The van der Waals surface area contributed by atoms with Crippen LogP contribution in [0.4, 0.5) is 0 Å². The zero-order chi connectivity index (χ0) is 14.8. The van der Waals surface area contributed by atoms with Gasteiger partial charge in [-0.15, -0.1) is 11.3 Å². The van der Waals surface area contributed by atoms with Crippen molar-refractivity contribution in [1.29, 1.82) is 0 Å². The second-order valence-corrected chi connectivity index (χ2v) is 6.03. The summed E-state index contributed by atoms with van der Waals surface area (Å²) in [4.78, 5) is 28.5. The smallest absolute Gasteiger partial charge is 0.268 e. The van der Waals surface area contributed by atoms with Gasteiger partial charge in [0.2, 0.25) is 0 Å². The van der Waals surface area contributed by atoms with Crippen molar-refractivity contribution in [2.75, 3.05) is 6.54 Å². The van der Waals surface area contributed by atoms with E-state index in [4.69, 9.17) is 5.73 Å². The van der Waals surface area contributed by atoms with Gasteiger partial charge in [-0.2, -0.15) is 0 Å². The monoisotopic (exact) mass is 301 g/mol. The fourth-order valence-corrected chi connectivity index (χ4v) is 3.03. The van der Waals surface area contributed by atoms with Crippen molar-refractivity contribution in [3.63, 3.8) is 0 Å². The van der Waals surface area contributed by atoms with Gasteiger partial charge in [0.1, 0.15) is 16.9 Å². The molecule has 0 saturated heterocycles. The van der Waals surface area contributed by atoms with E-state index in [1.54, 1.807) is 6.20 Å². The molecule has 3 N–H and O–H groups in total. The predicted molar refractivity (Wildman–Crippen MR) is 83.2 cm³/mol. The lowest BCUT2D eigenvalue weighted by Crippen LogP contribution is -2.17. The van der Waals surface area contributed by atoms with Crippen LogP contribution in [-0.2, 0) is 6.42 Å². The highest BCUT2D eigenvalue weighted by molar-refractivity contribution is 7.22. The van der Waals surface area contributed by atoms with Crippen molar-refractivity contribution < 1.29 is 0 Å². The van der Waals surface area contributed by atoms with Crippen LogP contribution in [0.25, 0.3) is 20.8 Å². The molecular formula is C14H15N5OS. The SMILES string of the molecule is C[C@@H](CN)Cc1nc2cc(-c3ccncn3)sc2c(=O)[nH]1. The van der Waals surface area contributed by atoms with E-state index in [1.165, 1.54) is 17.7 Å². The van der Waals surface area contributed by atoms with Crippen LogP contribution in [0.3, 0.4) is 0 Å². The van der Waals surface area contributed by atoms with Gasteiger partial charge in [0, 0.05) is 12.6 Å². The number of nitrogens with zero attached hydrogens (tertiary/aromatic N) is 3. The van der Waals surface area contributed by atoms with E-state index in [-0.39, 0.29) is 11.5 Å². The Labute approximate surface area is 125 Å². The Morgan fingerprint density at radius 2 is 2.33 bits per heavy atom. The first-order valence-electron chi connectivity index (χ1n) is 6.66. The van der Waals surface area contributed by atoms with E-state index >= 15 is 0 Å². The average Bonchev–Trinajstić information content (AvgIpc) is 2.92. The summed E-state index contributed by atoms with van der Waals surface area (Å²) in [7, 11) is 0. The quantitative estimate of drug-likeness (QED) is 0.762. The lowest BCUT2D eigenvalue weighted by molar-refractivity contribution is 0.574. The molecule has 0 saturated carbocycles. The number of aromatic nitrogens is 4. The summed E-state index contributed by atoms with van der Waals surface area (Å²) in [6.07, 6.45) is 3.84. The number of rotatable bonds is 4. The molecule has 108 valence electrons. The Balaban J connectivity index is 2.05. The third-order valence-electron chi connectivity index (χ3n) is 3.21. The Morgan fingerprint density at radius 3 is 3.05 bits per heavy atom. The predicted octanol–water partition coefficient (Wildman–Crippen LogP) is 1.58. The van der Waals surface area contributed by atoms with Gasteiger partial charge in [-0.3, -0.25) is 4.79 Å². The molecule has 3 heterocycles. The number of fused-ring (bicyclic) bond motifs is 1. The van der Waals surface area contributed by atoms with Gasteiger partial charge in [-0.05, 0) is 24.6 Å². The Morgan fingerprint density at radius 1 is 1.48 bits per heavy atom. The highest BCUT2D eigenvalue weighted by Gasteiger charge is 2.12. The molecule has 0 bridgehead atoms. The van der Waals surface area contributed by atoms with Gasteiger partial charge in [0.05, 0.1) is 16.1 Å². The van der Waals surface area contributed by atoms with Gasteiger partial charge < -0.3 is 10.7 Å². The van der Waals surface area contributed by atoms with Crippen LogP contribution in [0, 0.1) is 5.92 Å². The summed E-state index contributed by atoms with van der Waals surface area (Å²) in [5.74, 6) is 0.961. The molecule has 3 rings (SSSR count). The van der Waals surface area contributed by atoms with Crippen molar-refractivity contribution >= 4 is 21.6 Å². The molecule has 0 unspecified atom stereocenters. The summed E-state index contributed by atoms with van der Waals surface area (Å²) >= 11 is 1.39. The molecule has 3 aromatic rings. The molecule has 0 spiro atoms. The number of hydrogen-bond donors (Lipinski definition) is 2. The van der Waals surface area contributed by atoms with Gasteiger partial charge in [0.15, 0.2) is 0 Å². The van der Waals surface area contributed by atoms with Gasteiger partial charge >= 0.3 is 0 Å². The number of hydrogen-bond acceptors (Lipinski definition) is 6. The van der Waals surface area contributed by atoms with E-state index in [9.17, 15) is 4.79 Å². The number of thiophene rings is 1. The van der Waals surface area contributed by atoms with Gasteiger partial charge in [0.25, 0.3) is 5.56 Å². The molecule has 0 fully saturated rings. The van der Waals surface area contributed by atoms with Crippen LogP contribution in [0.5, 0.6) is 0 Å². The van der Waals surface area contributed by atoms with Crippen molar-refractivity contribution in [3.05, 3.63) is 40.8 Å². The second kappa shape index (κ2) is 5.71. The van der Waals surface area contributed by atoms with E-state index in [2.05, 4.69) is 19.9 Å². The maximum absolute atomic E-state index is 12.2. The molecule has 0 aliphatic rings. The van der Waals surface area contributed by atoms with Crippen molar-refractivity contribution in [2.45, 2.75) is 13.3 Å². The highest BCUT2D eigenvalue weighted by atomic mass is 32.1. The summed E-state index contributed by atoms with van der Waals surface area (Å²) in [5.41, 5.74) is 7.01. The van der Waals surface area contributed by atoms with Crippen LogP contribution in [0.2, 0.25) is 0 Å². The first-order chi connectivity index (χ1) is 10.2. The molecule has 0 aliphatic heterocycles. The number of aromatic amines is 1. The first kappa shape index (κ1) is 13.8. The van der Waals surface area contributed by atoms with E-state index in [0.717, 1.165) is 10.6 Å². The maximum Gasteiger partial charge on any atom is 0.268 e. The average molecular weight is 301 g/mol. The first-order valence-corrected chi connectivity index (χ1v) is 7.48. The van der Waals surface area contributed by atoms with Crippen LogP contribution in [0.1, 0.15) is 12.7 Å². The molecule has 0 radical (unpaired) electrons. The fraction of sp³-hybridized carbons (Fsp3) is 0.286. The number of nitrogens with one attached hydrogen (secondary N) is 1. The van der Waals surface area contributed by atoms with Crippen molar-refractivity contribution in [3.8, 4) is 10.6 Å². The molecule has 1 atom stereocenters. The summed E-state index contributed by atoms with van der Waals surface area (Å²) in [6.45, 7) is 2.60. The molecule has 7 heteroatoms. The lowest BCUT2D eigenvalue weighted by atomic mass is 10.1. The minimum Gasteiger partial charge on any atom is -0.330 e. The molecule has 3 aromatic heterocycles. The summed E-state index contributed by atoms with van der Waals surface area (Å²) in [5, 5.41) is 0. The lowest BCUT2D eigenvalue weighted by Gasteiger charge is -2.06. The largest absolute Gasteiger partial charge is 0.330 e. The highest BCUT2D eigenvalue weighted by Crippen LogP contribution is 2.29. The van der Waals surface area contributed by atoms with Gasteiger partial charge in [-0.1, -0.05) is 6.92 Å². The Kier molecular flexibility index (Phi) is 3.76. The maximum atomic E-state index is 12.2. The molecule has 0 amide bonds. The van der Waals surface area contributed by atoms with Crippen molar-refractivity contribution in [1.82, 2.24) is 19.9 Å². The second-order valence-electron chi connectivity index (χ2n) is 4.98. The van der Waals surface area contributed by atoms with Gasteiger partial charge in [-0.25, -0.2) is 15.0 Å². The molecular weight excluding hydrogens is 286 g/mol. The summed E-state index contributed by atoms with van der Waals surface area (Å²) < 4.78 is 0.618. The molecule has 21 heavy (non-hydrogen) atoms.